The quantitative estimate of drug-likeness (QED) is 0.470. The van der Waals surface area contributed by atoms with E-state index >= 15 is 0 Å². The van der Waals surface area contributed by atoms with E-state index in [1.54, 1.807) is 6.92 Å². The fraction of sp³-hybridized carbons (Fsp3) is 0.778. The van der Waals surface area contributed by atoms with E-state index in [2.05, 4.69) is 31.1 Å². The Labute approximate surface area is 70.8 Å². The van der Waals surface area contributed by atoms with E-state index in [4.69, 9.17) is 5.11 Å². The third kappa shape index (κ3) is 6.15. The van der Waals surface area contributed by atoms with Crippen molar-refractivity contribution < 1.29 is 5.11 Å². The summed E-state index contributed by atoms with van der Waals surface area (Å²) in [5.41, 5.74) is 3.23. The van der Waals surface area contributed by atoms with Gasteiger partial charge in [0.1, 0.15) is 8.07 Å². The van der Waals surface area contributed by atoms with Gasteiger partial charge in [-0.15, -0.1) is 11.5 Å². The number of hydrogen-bond acceptors (Lipinski definition) is 1. The van der Waals surface area contributed by atoms with E-state index < -0.39 is 8.07 Å². The zero-order valence-corrected chi connectivity index (χ0v) is 9.10. The molecule has 0 saturated carbocycles. The maximum absolute atomic E-state index is 9.13. The third-order valence-corrected chi connectivity index (χ3v) is 2.29. The molecule has 2 heteroatoms. The summed E-state index contributed by atoms with van der Waals surface area (Å²) in [5, 5.41) is 9.13. The lowest BCUT2D eigenvalue weighted by Gasteiger charge is -2.08. The molecule has 11 heavy (non-hydrogen) atoms. The second-order valence-electron chi connectivity index (χ2n) is 4.05. The first-order chi connectivity index (χ1) is 4.83. The van der Waals surface area contributed by atoms with Gasteiger partial charge < -0.3 is 5.11 Å². The van der Waals surface area contributed by atoms with Gasteiger partial charge in [0.15, 0.2) is 0 Å². The van der Waals surface area contributed by atoms with Gasteiger partial charge in [0, 0.05) is 5.92 Å². The van der Waals surface area contributed by atoms with Crippen molar-refractivity contribution in [2.24, 2.45) is 5.92 Å². The maximum atomic E-state index is 9.13. The largest absolute Gasteiger partial charge is 0.392 e. The van der Waals surface area contributed by atoms with Crippen LogP contribution in [0, 0.1) is 17.4 Å². The second-order valence-corrected chi connectivity index (χ2v) is 8.80. The van der Waals surface area contributed by atoms with Crippen molar-refractivity contribution in [3.8, 4) is 11.5 Å². The van der Waals surface area contributed by atoms with E-state index in [-0.39, 0.29) is 12.0 Å². The van der Waals surface area contributed by atoms with Crippen molar-refractivity contribution in [2.45, 2.75) is 39.6 Å². The van der Waals surface area contributed by atoms with Crippen LogP contribution in [0.1, 0.15) is 13.8 Å². The van der Waals surface area contributed by atoms with E-state index in [1.165, 1.54) is 0 Å². The van der Waals surface area contributed by atoms with Gasteiger partial charge in [0.05, 0.1) is 6.10 Å². The highest BCUT2D eigenvalue weighted by atomic mass is 28.3. The molecule has 0 aliphatic rings. The van der Waals surface area contributed by atoms with Crippen LogP contribution in [0.2, 0.25) is 19.6 Å². The van der Waals surface area contributed by atoms with Crippen LogP contribution >= 0.6 is 0 Å². The first-order valence-electron chi connectivity index (χ1n) is 4.03. The lowest BCUT2D eigenvalue weighted by atomic mass is 10.1. The molecule has 0 aliphatic carbocycles. The summed E-state index contributed by atoms with van der Waals surface area (Å²) in [6.07, 6.45) is -0.307. The highest BCUT2D eigenvalue weighted by molar-refractivity contribution is 6.83. The second kappa shape index (κ2) is 3.94. The first kappa shape index (κ1) is 10.7. The summed E-state index contributed by atoms with van der Waals surface area (Å²) in [6, 6.07) is 0. The zero-order chi connectivity index (χ0) is 9.07. The molecular formula is C9H18OSi. The Morgan fingerprint density at radius 1 is 1.18 bits per heavy atom. The molecule has 0 fully saturated rings. The van der Waals surface area contributed by atoms with Gasteiger partial charge in [0.25, 0.3) is 0 Å². The van der Waals surface area contributed by atoms with Gasteiger partial charge in [-0.3, -0.25) is 0 Å². The molecule has 1 N–H and O–H groups in total. The molecule has 2 atom stereocenters. The summed E-state index contributed by atoms with van der Waals surface area (Å²) in [7, 11) is -1.24. The van der Waals surface area contributed by atoms with Crippen LogP contribution in [0.4, 0.5) is 0 Å². The molecule has 0 heterocycles. The maximum Gasteiger partial charge on any atom is 0.129 e. The van der Waals surface area contributed by atoms with Gasteiger partial charge in [-0.05, 0) is 13.8 Å². The van der Waals surface area contributed by atoms with Crippen molar-refractivity contribution in [2.75, 3.05) is 0 Å². The van der Waals surface area contributed by atoms with Crippen molar-refractivity contribution in [3.63, 3.8) is 0 Å². The predicted molar refractivity (Wildman–Crippen MR) is 52.0 cm³/mol. The smallest absolute Gasteiger partial charge is 0.129 e. The average Bonchev–Trinajstić information content (AvgIpc) is 1.80. The highest BCUT2D eigenvalue weighted by Crippen LogP contribution is 2.02. The third-order valence-electron chi connectivity index (χ3n) is 1.40. The molecular weight excluding hydrogens is 152 g/mol. The van der Waals surface area contributed by atoms with Crippen LogP contribution in [0.25, 0.3) is 0 Å². The molecule has 0 bridgehead atoms. The molecule has 0 rings (SSSR count). The number of hydrogen-bond donors (Lipinski definition) is 1. The van der Waals surface area contributed by atoms with Crippen LogP contribution in [0.5, 0.6) is 0 Å². The molecule has 0 aromatic carbocycles. The Morgan fingerprint density at radius 3 is 1.91 bits per heavy atom. The van der Waals surface area contributed by atoms with Crippen molar-refractivity contribution in [1.29, 1.82) is 0 Å². The molecule has 0 spiro atoms. The van der Waals surface area contributed by atoms with E-state index in [1.807, 2.05) is 6.92 Å². The fourth-order valence-corrected chi connectivity index (χ4v) is 1.11. The summed E-state index contributed by atoms with van der Waals surface area (Å²) in [5.74, 6) is 3.20. The van der Waals surface area contributed by atoms with Crippen LogP contribution < -0.4 is 0 Å². The summed E-state index contributed by atoms with van der Waals surface area (Å²) in [4.78, 5) is 0. The van der Waals surface area contributed by atoms with Gasteiger partial charge in [-0.1, -0.05) is 19.6 Å². The van der Waals surface area contributed by atoms with E-state index in [0.29, 0.717) is 0 Å². The van der Waals surface area contributed by atoms with Gasteiger partial charge in [-0.25, -0.2) is 0 Å². The monoisotopic (exact) mass is 170 g/mol. The minimum atomic E-state index is -1.24. The molecule has 1 nitrogen and oxygen atoms in total. The minimum Gasteiger partial charge on any atom is -0.392 e. The number of aliphatic hydroxyl groups is 1. The average molecular weight is 170 g/mol. The Kier molecular flexibility index (Phi) is 3.84. The van der Waals surface area contributed by atoms with Crippen LogP contribution in [0.15, 0.2) is 0 Å². The summed E-state index contributed by atoms with van der Waals surface area (Å²) >= 11 is 0. The Hall–Kier alpha value is -0.263. The van der Waals surface area contributed by atoms with Crippen molar-refractivity contribution >= 4 is 8.07 Å². The normalized spacial score (nSPS) is 16.5. The molecule has 0 aliphatic heterocycles. The molecule has 0 saturated heterocycles. The predicted octanol–water partition coefficient (Wildman–Crippen LogP) is 1.88. The standard InChI is InChI=1S/C9H18OSi/c1-8(9(2)10)6-7-11(3,4)5/h8-10H,1-5H3/t8-,9+/m1/s1. The number of aliphatic hydroxyl groups excluding tert-OH is 1. The molecule has 0 aromatic rings. The number of rotatable bonds is 1. The summed E-state index contributed by atoms with van der Waals surface area (Å²) in [6.45, 7) is 10.3. The minimum absolute atomic E-state index is 0.113. The Morgan fingerprint density at radius 2 is 1.64 bits per heavy atom. The van der Waals surface area contributed by atoms with Crippen LogP contribution in [-0.2, 0) is 0 Å². The van der Waals surface area contributed by atoms with Crippen LogP contribution in [0.3, 0.4) is 0 Å². The molecule has 0 radical (unpaired) electrons. The molecule has 0 amide bonds. The lowest BCUT2D eigenvalue weighted by molar-refractivity contribution is 0.161. The summed E-state index contributed by atoms with van der Waals surface area (Å²) < 4.78 is 0. The van der Waals surface area contributed by atoms with E-state index in [0.717, 1.165) is 0 Å². The van der Waals surface area contributed by atoms with Crippen molar-refractivity contribution in [1.82, 2.24) is 0 Å². The van der Waals surface area contributed by atoms with Crippen LogP contribution in [-0.4, -0.2) is 19.3 Å². The topological polar surface area (TPSA) is 20.2 Å². The Balaban J connectivity index is 4.08. The first-order valence-corrected chi connectivity index (χ1v) is 7.53. The molecule has 0 unspecified atom stereocenters. The zero-order valence-electron chi connectivity index (χ0n) is 8.10. The molecule has 0 aromatic heterocycles. The fourth-order valence-electron chi connectivity index (χ4n) is 0.451. The lowest BCUT2D eigenvalue weighted by Crippen LogP contribution is -2.18. The highest BCUT2D eigenvalue weighted by Gasteiger charge is 2.09. The van der Waals surface area contributed by atoms with E-state index in [9.17, 15) is 0 Å². The van der Waals surface area contributed by atoms with Gasteiger partial charge in [-0.2, -0.15) is 0 Å². The SMILES string of the molecule is C[C@H](O)[C@H](C)C#C[Si](C)(C)C. The molecule has 64 valence electrons. The van der Waals surface area contributed by atoms with Crippen molar-refractivity contribution in [3.05, 3.63) is 0 Å². The van der Waals surface area contributed by atoms with Gasteiger partial charge >= 0.3 is 0 Å². The Bertz CT molecular complexity index is 168. The van der Waals surface area contributed by atoms with Gasteiger partial charge in [0.2, 0.25) is 0 Å².